The Hall–Kier alpha value is -4.42. The predicted molar refractivity (Wildman–Crippen MR) is 178 cm³/mol. The Morgan fingerprint density at radius 1 is 0.940 bits per heavy atom. The molecule has 0 fully saturated rings. The normalized spacial score (nSPS) is 17.0. The van der Waals surface area contributed by atoms with Crippen LogP contribution in [0.3, 0.4) is 0 Å². The molecular formula is C38H40F3N3O6. The number of alkyl halides is 3. The molecule has 5 aliphatic heterocycles. The second-order valence-corrected chi connectivity index (χ2v) is 13.3. The van der Waals surface area contributed by atoms with Gasteiger partial charge in [-0.15, -0.1) is 0 Å². The van der Waals surface area contributed by atoms with Crippen molar-refractivity contribution >= 4 is 23.1 Å². The van der Waals surface area contributed by atoms with E-state index in [-0.39, 0.29) is 12.5 Å². The smallest absolute Gasteiger partial charge is 0.430 e. The molecule has 0 aromatic heterocycles. The van der Waals surface area contributed by atoms with Crippen LogP contribution in [0.5, 0.6) is 11.5 Å². The summed E-state index contributed by atoms with van der Waals surface area (Å²) < 4.78 is 51.9. The Morgan fingerprint density at radius 2 is 1.62 bits per heavy atom. The van der Waals surface area contributed by atoms with E-state index in [0.717, 1.165) is 81.8 Å². The number of carboxylic acids is 1. The summed E-state index contributed by atoms with van der Waals surface area (Å²) in [5.41, 5.74) is 11.1. The van der Waals surface area contributed by atoms with Crippen molar-refractivity contribution in [2.45, 2.75) is 63.8 Å². The average molecular weight is 692 g/mol. The lowest BCUT2D eigenvalue weighted by atomic mass is 9.82. The van der Waals surface area contributed by atoms with Crippen LogP contribution in [0.15, 0.2) is 36.4 Å². The van der Waals surface area contributed by atoms with Crippen LogP contribution in [-0.4, -0.2) is 71.3 Å². The molecule has 0 radical (unpaired) electrons. The fourth-order valence-corrected chi connectivity index (χ4v) is 8.18. The van der Waals surface area contributed by atoms with Gasteiger partial charge in [0.05, 0.1) is 12.1 Å². The Morgan fingerprint density at radius 3 is 2.34 bits per heavy atom. The maximum absolute atomic E-state index is 13.3. The van der Waals surface area contributed by atoms with Crippen molar-refractivity contribution in [1.29, 1.82) is 0 Å². The number of carbonyl (C=O) groups is 2. The second-order valence-electron chi connectivity index (χ2n) is 13.3. The summed E-state index contributed by atoms with van der Waals surface area (Å²) >= 11 is 0. The second kappa shape index (κ2) is 13.7. The largest absolute Gasteiger partial charge is 0.542 e. The Labute approximate surface area is 288 Å². The number of methoxy groups -OCH3 is 2. The molecule has 8 rings (SSSR count). The molecule has 0 saturated heterocycles. The minimum absolute atomic E-state index is 0.138. The first-order valence-electron chi connectivity index (χ1n) is 17.2. The molecule has 0 atom stereocenters. The molecule has 0 spiro atoms. The number of benzene rings is 3. The van der Waals surface area contributed by atoms with Crippen molar-refractivity contribution in [3.63, 3.8) is 0 Å². The van der Waals surface area contributed by atoms with E-state index in [1.807, 2.05) is 18.2 Å². The van der Waals surface area contributed by atoms with Gasteiger partial charge in [-0.05, 0) is 73.9 Å². The third-order valence-corrected chi connectivity index (χ3v) is 10.3. The number of rotatable bonds is 6. The number of fused-ring (bicyclic) bond motifs is 4. The van der Waals surface area contributed by atoms with E-state index in [2.05, 4.69) is 33.0 Å². The summed E-state index contributed by atoms with van der Waals surface area (Å²) in [6.07, 6.45) is 3.27. The van der Waals surface area contributed by atoms with E-state index in [1.165, 1.54) is 62.5 Å². The molecule has 0 bridgehead atoms. The topological polar surface area (TPSA) is 103 Å². The van der Waals surface area contributed by atoms with E-state index in [9.17, 15) is 18.0 Å². The Bertz CT molecular complexity index is 1980. The van der Waals surface area contributed by atoms with E-state index in [0.29, 0.717) is 5.56 Å². The first-order valence-corrected chi connectivity index (χ1v) is 17.2. The van der Waals surface area contributed by atoms with E-state index < -0.39 is 18.4 Å². The molecule has 0 unspecified atom stereocenters. The van der Waals surface area contributed by atoms with Gasteiger partial charge in [0.25, 0.3) is 5.91 Å². The van der Waals surface area contributed by atoms with Crippen molar-refractivity contribution in [3.8, 4) is 11.5 Å². The molecule has 0 saturated carbocycles. The van der Waals surface area contributed by atoms with Crippen molar-refractivity contribution in [2.75, 3.05) is 51.8 Å². The molecule has 9 nitrogen and oxygen atoms in total. The van der Waals surface area contributed by atoms with Crippen LogP contribution in [0.2, 0.25) is 0 Å². The molecule has 5 aliphatic rings. The van der Waals surface area contributed by atoms with Crippen molar-refractivity contribution < 1.29 is 42.1 Å². The van der Waals surface area contributed by atoms with Gasteiger partial charge in [0.1, 0.15) is 30.6 Å². The highest BCUT2D eigenvalue weighted by Crippen LogP contribution is 2.48. The zero-order chi connectivity index (χ0) is 35.2. The summed E-state index contributed by atoms with van der Waals surface area (Å²) in [4.78, 5) is 24.7. The number of nitrogens with one attached hydrogen (secondary N) is 1. The highest BCUT2D eigenvalue weighted by molar-refractivity contribution is 5.96. The number of aliphatic carboxylic acids is 1. The monoisotopic (exact) mass is 691 g/mol. The molecule has 50 heavy (non-hydrogen) atoms. The van der Waals surface area contributed by atoms with Gasteiger partial charge in [-0.2, -0.15) is 13.2 Å². The fourth-order valence-electron chi connectivity index (χ4n) is 8.18. The SMILES string of the molecule is COC(CNC(=O)c1cccc(C2=c3cc4c5c(c3Oc3c2cc2c6c3CCCN6CCC2)CCC[N+]=5CCC4)c1)OC.O=C([O-])C(F)(F)F. The van der Waals surface area contributed by atoms with Crippen molar-refractivity contribution in [3.05, 3.63) is 85.9 Å². The molecule has 1 N–H and O–H groups in total. The minimum atomic E-state index is -5.19. The number of ether oxygens (including phenoxy) is 3. The van der Waals surface area contributed by atoms with E-state index in [4.69, 9.17) is 24.1 Å². The predicted octanol–water partition coefficient (Wildman–Crippen LogP) is 2.77. The minimum Gasteiger partial charge on any atom is -0.542 e. The number of hydrogen-bond acceptors (Lipinski definition) is 7. The number of halogens is 3. The first kappa shape index (κ1) is 34.0. The standard InChI is InChI=1S/C36H39N3O4.C2HF3O2/c1-41-30(42-2)21-37-36(40)25-9-3-8-22(18-25)31-28-19-23-10-4-14-38-16-6-12-26(32(23)38)34(28)43-35-27-13-7-17-39-15-5-11-24(33(27)39)20-29(31)35;3-2(4,5)1(6)7/h3,8-9,18-20,30H,4-7,10-17,21H2,1-2H3;(H,6,7). The van der Waals surface area contributed by atoms with Gasteiger partial charge in [-0.1, -0.05) is 12.1 Å². The van der Waals surface area contributed by atoms with Crippen molar-refractivity contribution in [2.24, 2.45) is 0 Å². The Kier molecular flexibility index (Phi) is 9.34. The van der Waals surface area contributed by atoms with Crippen molar-refractivity contribution in [1.82, 2.24) is 9.89 Å². The molecule has 264 valence electrons. The maximum Gasteiger partial charge on any atom is 0.430 e. The molecule has 5 heterocycles. The first-order chi connectivity index (χ1) is 24.1. The molecular weight excluding hydrogens is 651 g/mol. The van der Waals surface area contributed by atoms with Gasteiger partial charge >= 0.3 is 6.18 Å². The fraction of sp³-hybridized carbons (Fsp3) is 0.447. The summed E-state index contributed by atoms with van der Waals surface area (Å²) in [6.45, 7) is 4.80. The molecule has 1 amide bonds. The van der Waals surface area contributed by atoms with Crippen LogP contribution in [-0.2, 0) is 40.0 Å². The van der Waals surface area contributed by atoms with Crippen LogP contribution in [0, 0.1) is 0 Å². The van der Waals surface area contributed by atoms with Gasteiger partial charge in [0.2, 0.25) is 5.36 Å². The highest BCUT2D eigenvalue weighted by atomic mass is 19.4. The summed E-state index contributed by atoms with van der Waals surface area (Å²) in [7, 11) is 3.16. The lowest BCUT2D eigenvalue weighted by Crippen LogP contribution is -2.45. The molecule has 3 aromatic carbocycles. The summed E-state index contributed by atoms with van der Waals surface area (Å²) in [6, 6.07) is 12.9. The van der Waals surface area contributed by atoms with E-state index in [1.54, 1.807) is 14.2 Å². The average Bonchev–Trinajstić information content (AvgIpc) is 3.12. The number of aryl methyl sites for hydroxylation is 2. The number of carboxylic acid groups (broad SMARTS) is 1. The van der Waals surface area contributed by atoms with Gasteiger partial charge < -0.3 is 34.3 Å². The molecule has 3 aromatic rings. The number of nitrogens with zero attached hydrogens (tertiary/aromatic N) is 2. The van der Waals surface area contributed by atoms with Crippen LogP contribution in [0.25, 0.3) is 5.57 Å². The van der Waals surface area contributed by atoms with Gasteiger partial charge in [0, 0.05) is 78.9 Å². The van der Waals surface area contributed by atoms with Gasteiger partial charge in [0.15, 0.2) is 6.29 Å². The van der Waals surface area contributed by atoms with Crippen LogP contribution in [0.4, 0.5) is 18.9 Å². The van der Waals surface area contributed by atoms with Crippen LogP contribution >= 0.6 is 0 Å². The number of anilines is 1. The lowest BCUT2D eigenvalue weighted by Gasteiger charge is -2.39. The summed E-state index contributed by atoms with van der Waals surface area (Å²) in [5.74, 6) is -1.07. The lowest BCUT2D eigenvalue weighted by molar-refractivity contribution is -0.344. The maximum atomic E-state index is 13.3. The zero-order valence-electron chi connectivity index (χ0n) is 28.2. The van der Waals surface area contributed by atoms with Gasteiger partial charge in [-0.25, -0.2) is 4.58 Å². The Balaban J connectivity index is 0.000000510. The van der Waals surface area contributed by atoms with Gasteiger partial charge in [-0.3, -0.25) is 4.79 Å². The molecule has 0 aliphatic carbocycles. The molecule has 12 heteroatoms. The summed E-state index contributed by atoms with van der Waals surface area (Å²) in [5, 5.41) is 14.4. The third kappa shape index (κ3) is 6.23. The van der Waals surface area contributed by atoms with E-state index >= 15 is 0 Å². The number of hydrogen-bond donors (Lipinski definition) is 1. The van der Waals surface area contributed by atoms with Crippen LogP contribution < -0.4 is 35.2 Å². The zero-order valence-corrected chi connectivity index (χ0v) is 28.2. The van der Waals surface area contributed by atoms with Crippen LogP contribution in [0.1, 0.15) is 69.4 Å². The number of amides is 1. The highest BCUT2D eigenvalue weighted by Gasteiger charge is 2.36. The third-order valence-electron chi connectivity index (χ3n) is 10.3. The number of carbonyl (C=O) groups excluding carboxylic acids is 2. The quantitative estimate of drug-likeness (QED) is 0.245.